The fourth-order valence-corrected chi connectivity index (χ4v) is 1.73. The summed E-state index contributed by atoms with van der Waals surface area (Å²) in [4.78, 5) is 2.03. The molecule has 0 aliphatic heterocycles. The number of nitrogens with zero attached hydrogens (tertiary/aromatic N) is 3. The van der Waals surface area contributed by atoms with Gasteiger partial charge in [0.25, 0.3) is 0 Å². The molecule has 0 heterocycles. The van der Waals surface area contributed by atoms with Crippen LogP contribution in [-0.2, 0) is 0 Å². The Bertz CT molecular complexity index is 559. The van der Waals surface area contributed by atoms with Crippen molar-refractivity contribution in [1.29, 1.82) is 0 Å². The molecule has 3 heteroatoms. The van der Waals surface area contributed by atoms with E-state index in [2.05, 4.69) is 10.2 Å². The zero-order valence-electron chi connectivity index (χ0n) is 11.0. The number of para-hydroxylation sites is 1. The second kappa shape index (κ2) is 5.45. The first-order chi connectivity index (χ1) is 8.66. The molecule has 0 aliphatic carbocycles. The fraction of sp³-hybridized carbons (Fsp3) is 0.200. The Morgan fingerprint density at radius 2 is 1.67 bits per heavy atom. The third-order valence-electron chi connectivity index (χ3n) is 2.64. The van der Waals surface area contributed by atoms with Crippen molar-refractivity contribution in [3.05, 3.63) is 54.1 Å². The van der Waals surface area contributed by atoms with Crippen molar-refractivity contribution >= 4 is 17.1 Å². The summed E-state index contributed by atoms with van der Waals surface area (Å²) in [5, 5.41) is 8.60. The molecular weight excluding hydrogens is 222 g/mol. The Balaban J connectivity index is 2.29. The number of hydrogen-bond acceptors (Lipinski definition) is 3. The Hall–Kier alpha value is -2.16. The first-order valence-corrected chi connectivity index (χ1v) is 5.91. The molecule has 18 heavy (non-hydrogen) atoms. The standard InChI is InChI=1S/C15H17N3/c1-12-7-6-8-13(11-12)16-17-14-9-4-5-10-15(14)18(2)3/h4-11H,1-3H3. The predicted molar refractivity (Wildman–Crippen MR) is 76.1 cm³/mol. The van der Waals surface area contributed by atoms with Gasteiger partial charge in [-0.15, -0.1) is 5.11 Å². The highest BCUT2D eigenvalue weighted by Gasteiger charge is 2.01. The van der Waals surface area contributed by atoms with Crippen molar-refractivity contribution in [3.63, 3.8) is 0 Å². The van der Waals surface area contributed by atoms with Crippen molar-refractivity contribution < 1.29 is 0 Å². The van der Waals surface area contributed by atoms with Gasteiger partial charge in [0.05, 0.1) is 11.4 Å². The summed E-state index contributed by atoms with van der Waals surface area (Å²) in [6.07, 6.45) is 0. The van der Waals surface area contributed by atoms with Crippen LogP contribution in [0.3, 0.4) is 0 Å². The van der Waals surface area contributed by atoms with Crippen molar-refractivity contribution in [2.75, 3.05) is 19.0 Å². The van der Waals surface area contributed by atoms with Crippen LogP contribution in [0.5, 0.6) is 0 Å². The normalized spacial score (nSPS) is 10.8. The molecule has 2 rings (SSSR count). The molecular formula is C15H17N3. The number of azo groups is 1. The van der Waals surface area contributed by atoms with E-state index in [4.69, 9.17) is 0 Å². The lowest BCUT2D eigenvalue weighted by Gasteiger charge is -2.13. The summed E-state index contributed by atoms with van der Waals surface area (Å²) in [6.45, 7) is 2.05. The van der Waals surface area contributed by atoms with Gasteiger partial charge in [0.15, 0.2) is 0 Å². The molecule has 0 aliphatic rings. The van der Waals surface area contributed by atoms with Crippen LogP contribution in [0.1, 0.15) is 5.56 Å². The lowest BCUT2D eigenvalue weighted by molar-refractivity contribution is 1.11. The van der Waals surface area contributed by atoms with Crippen molar-refractivity contribution in [2.24, 2.45) is 10.2 Å². The topological polar surface area (TPSA) is 28.0 Å². The van der Waals surface area contributed by atoms with E-state index >= 15 is 0 Å². The van der Waals surface area contributed by atoms with Crippen molar-refractivity contribution in [1.82, 2.24) is 0 Å². The van der Waals surface area contributed by atoms with Crippen molar-refractivity contribution in [2.45, 2.75) is 6.92 Å². The molecule has 0 radical (unpaired) electrons. The minimum Gasteiger partial charge on any atom is -0.376 e. The van der Waals surface area contributed by atoms with Crippen LogP contribution in [0, 0.1) is 6.92 Å². The Morgan fingerprint density at radius 1 is 0.889 bits per heavy atom. The van der Waals surface area contributed by atoms with E-state index in [1.54, 1.807) is 0 Å². The number of benzene rings is 2. The molecule has 0 bridgehead atoms. The quantitative estimate of drug-likeness (QED) is 0.726. The van der Waals surface area contributed by atoms with Crippen molar-refractivity contribution in [3.8, 4) is 0 Å². The summed E-state index contributed by atoms with van der Waals surface area (Å²) in [6, 6.07) is 16.0. The first-order valence-electron chi connectivity index (χ1n) is 5.91. The van der Waals surface area contributed by atoms with Gasteiger partial charge < -0.3 is 4.90 Å². The van der Waals surface area contributed by atoms with E-state index in [1.165, 1.54) is 5.56 Å². The molecule has 0 N–H and O–H groups in total. The van der Waals surface area contributed by atoms with Crippen LogP contribution in [0.2, 0.25) is 0 Å². The van der Waals surface area contributed by atoms with Crippen LogP contribution in [0.15, 0.2) is 58.8 Å². The van der Waals surface area contributed by atoms with E-state index < -0.39 is 0 Å². The maximum Gasteiger partial charge on any atom is 0.109 e. The maximum atomic E-state index is 4.32. The average molecular weight is 239 g/mol. The third kappa shape index (κ3) is 2.94. The molecule has 0 unspecified atom stereocenters. The second-order valence-electron chi connectivity index (χ2n) is 4.42. The summed E-state index contributed by atoms with van der Waals surface area (Å²) in [5.41, 5.74) is 4.01. The number of aryl methyl sites for hydroxylation is 1. The molecule has 2 aromatic rings. The van der Waals surface area contributed by atoms with Gasteiger partial charge in [0, 0.05) is 14.1 Å². The molecule has 0 amide bonds. The summed E-state index contributed by atoms with van der Waals surface area (Å²) < 4.78 is 0. The molecule has 0 spiro atoms. The molecule has 2 aromatic carbocycles. The van der Waals surface area contributed by atoms with Gasteiger partial charge in [-0.25, -0.2) is 0 Å². The predicted octanol–water partition coefficient (Wildman–Crippen LogP) is 4.48. The van der Waals surface area contributed by atoms with Gasteiger partial charge in [0.2, 0.25) is 0 Å². The monoisotopic (exact) mass is 239 g/mol. The van der Waals surface area contributed by atoms with E-state index in [-0.39, 0.29) is 0 Å². The lowest BCUT2D eigenvalue weighted by Crippen LogP contribution is -2.08. The molecule has 0 saturated heterocycles. The lowest BCUT2D eigenvalue weighted by atomic mass is 10.2. The minimum absolute atomic E-state index is 0.878. The molecule has 3 nitrogen and oxygen atoms in total. The summed E-state index contributed by atoms with van der Waals surface area (Å²) in [7, 11) is 4.00. The van der Waals surface area contributed by atoms with E-state index in [0.717, 1.165) is 17.1 Å². The second-order valence-corrected chi connectivity index (χ2v) is 4.42. The van der Waals surface area contributed by atoms with Gasteiger partial charge >= 0.3 is 0 Å². The highest BCUT2D eigenvalue weighted by Crippen LogP contribution is 2.28. The zero-order valence-corrected chi connectivity index (χ0v) is 11.0. The summed E-state index contributed by atoms with van der Waals surface area (Å²) in [5.74, 6) is 0. The Labute approximate surface area is 108 Å². The largest absolute Gasteiger partial charge is 0.376 e. The van der Waals surface area contributed by atoms with Gasteiger partial charge in [-0.2, -0.15) is 5.11 Å². The van der Waals surface area contributed by atoms with Crippen LogP contribution in [0.25, 0.3) is 0 Å². The first kappa shape index (κ1) is 12.3. The molecule has 0 atom stereocenters. The van der Waals surface area contributed by atoms with Crippen LogP contribution in [-0.4, -0.2) is 14.1 Å². The van der Waals surface area contributed by atoms with Gasteiger partial charge in [-0.3, -0.25) is 0 Å². The van der Waals surface area contributed by atoms with Crippen LogP contribution >= 0.6 is 0 Å². The fourth-order valence-electron chi connectivity index (χ4n) is 1.73. The number of anilines is 1. The van der Waals surface area contributed by atoms with E-state index in [1.807, 2.05) is 74.4 Å². The van der Waals surface area contributed by atoms with Crippen LogP contribution in [0.4, 0.5) is 17.1 Å². The highest BCUT2D eigenvalue weighted by molar-refractivity contribution is 5.65. The molecule has 92 valence electrons. The Kier molecular flexibility index (Phi) is 3.72. The Morgan fingerprint density at radius 3 is 2.39 bits per heavy atom. The van der Waals surface area contributed by atoms with Crippen LogP contribution < -0.4 is 4.90 Å². The van der Waals surface area contributed by atoms with Gasteiger partial charge in [-0.1, -0.05) is 24.3 Å². The smallest absolute Gasteiger partial charge is 0.109 e. The summed E-state index contributed by atoms with van der Waals surface area (Å²) >= 11 is 0. The molecule has 0 saturated carbocycles. The third-order valence-corrected chi connectivity index (χ3v) is 2.64. The minimum atomic E-state index is 0.878. The maximum absolute atomic E-state index is 4.32. The number of hydrogen-bond donors (Lipinski definition) is 0. The molecule has 0 aromatic heterocycles. The SMILES string of the molecule is Cc1cccc(N=Nc2ccccc2N(C)C)c1. The number of rotatable bonds is 3. The zero-order chi connectivity index (χ0) is 13.0. The van der Waals surface area contributed by atoms with E-state index in [9.17, 15) is 0 Å². The van der Waals surface area contributed by atoms with E-state index in [0.29, 0.717) is 0 Å². The molecule has 0 fully saturated rings. The highest BCUT2D eigenvalue weighted by atomic mass is 15.1. The van der Waals surface area contributed by atoms with Gasteiger partial charge in [-0.05, 0) is 36.8 Å². The average Bonchev–Trinajstić information content (AvgIpc) is 2.37. The van der Waals surface area contributed by atoms with Gasteiger partial charge in [0.1, 0.15) is 5.69 Å².